The minimum atomic E-state index is -0.772. The Morgan fingerprint density at radius 3 is 2.40 bits per heavy atom. The Bertz CT molecular complexity index is 305. The molecule has 0 radical (unpaired) electrons. The zero-order chi connectivity index (χ0) is 11.5. The highest BCUT2D eigenvalue weighted by Gasteiger charge is 2.16. The van der Waals surface area contributed by atoms with Gasteiger partial charge in [0, 0.05) is 13.6 Å². The van der Waals surface area contributed by atoms with E-state index in [0.29, 0.717) is 18.1 Å². The van der Waals surface area contributed by atoms with Gasteiger partial charge in [-0.05, 0) is 13.8 Å². The first-order chi connectivity index (χ1) is 6.92. The lowest BCUT2D eigenvalue weighted by Gasteiger charge is -2.26. The van der Waals surface area contributed by atoms with Gasteiger partial charge in [0.05, 0.1) is 30.3 Å². The van der Waals surface area contributed by atoms with Gasteiger partial charge in [0.2, 0.25) is 0 Å². The molecule has 0 aromatic carbocycles. The molecule has 0 spiro atoms. The summed E-state index contributed by atoms with van der Waals surface area (Å²) in [6.45, 7) is 3.83. The maximum absolute atomic E-state index is 9.62. The second-order valence-electron chi connectivity index (χ2n) is 4.19. The molecule has 1 rings (SSSR count). The Labute approximate surface area is 89.4 Å². The summed E-state index contributed by atoms with van der Waals surface area (Å²) in [4.78, 5) is 9.95. The molecule has 5 heteroatoms. The monoisotopic (exact) mass is 211 g/mol. The van der Waals surface area contributed by atoms with Crippen LogP contribution in [0.4, 0.5) is 5.82 Å². The van der Waals surface area contributed by atoms with Gasteiger partial charge in [0.1, 0.15) is 5.82 Å². The Morgan fingerprint density at radius 2 is 2.00 bits per heavy atom. The van der Waals surface area contributed by atoms with Crippen LogP contribution in [-0.2, 0) is 6.61 Å². The molecule has 1 aromatic heterocycles. The third-order valence-electron chi connectivity index (χ3n) is 1.87. The fourth-order valence-corrected chi connectivity index (χ4v) is 1.29. The van der Waals surface area contributed by atoms with Crippen LogP contribution in [0.5, 0.6) is 0 Å². The second-order valence-corrected chi connectivity index (χ2v) is 4.19. The van der Waals surface area contributed by atoms with E-state index in [9.17, 15) is 5.11 Å². The minimum absolute atomic E-state index is 0.109. The average Bonchev–Trinajstić information content (AvgIpc) is 2.15. The fraction of sp³-hybridized carbons (Fsp3) is 0.600. The number of likely N-dealkylation sites (N-methyl/N-ethyl adjacent to an activating group) is 1. The van der Waals surface area contributed by atoms with E-state index in [0.717, 1.165) is 0 Å². The summed E-state index contributed by atoms with van der Waals surface area (Å²) in [5.74, 6) is 0.675. The second kappa shape index (κ2) is 4.55. The number of aromatic nitrogens is 2. The molecule has 0 fully saturated rings. The van der Waals surface area contributed by atoms with Crippen LogP contribution in [-0.4, -0.2) is 39.4 Å². The van der Waals surface area contributed by atoms with Crippen LogP contribution in [0, 0.1) is 0 Å². The number of anilines is 1. The maximum atomic E-state index is 9.62. The SMILES string of the molecule is CN(CC(C)(C)O)c1cnc(CO)cn1. The number of aliphatic hydroxyl groups excluding tert-OH is 1. The molecule has 0 unspecified atom stereocenters. The van der Waals surface area contributed by atoms with E-state index < -0.39 is 5.60 Å². The summed E-state index contributed by atoms with van der Waals surface area (Å²) in [5.41, 5.74) is -0.234. The summed E-state index contributed by atoms with van der Waals surface area (Å²) >= 11 is 0. The summed E-state index contributed by atoms with van der Waals surface area (Å²) < 4.78 is 0. The first kappa shape index (κ1) is 11.9. The lowest BCUT2D eigenvalue weighted by atomic mass is 10.1. The van der Waals surface area contributed by atoms with Crippen LogP contribution >= 0.6 is 0 Å². The van der Waals surface area contributed by atoms with Crippen LogP contribution in [0.2, 0.25) is 0 Å². The van der Waals surface area contributed by atoms with Crippen LogP contribution < -0.4 is 4.90 Å². The fourth-order valence-electron chi connectivity index (χ4n) is 1.29. The zero-order valence-electron chi connectivity index (χ0n) is 9.30. The van der Waals surface area contributed by atoms with E-state index in [1.54, 1.807) is 20.0 Å². The summed E-state index contributed by atoms with van der Waals surface area (Å²) in [6.07, 6.45) is 3.10. The van der Waals surface area contributed by atoms with Gasteiger partial charge in [0.25, 0.3) is 0 Å². The van der Waals surface area contributed by atoms with Gasteiger partial charge in [-0.2, -0.15) is 0 Å². The third-order valence-corrected chi connectivity index (χ3v) is 1.87. The van der Waals surface area contributed by atoms with Gasteiger partial charge in [-0.1, -0.05) is 0 Å². The van der Waals surface area contributed by atoms with Crippen LogP contribution in [0.15, 0.2) is 12.4 Å². The zero-order valence-corrected chi connectivity index (χ0v) is 9.30. The lowest BCUT2D eigenvalue weighted by Crippen LogP contribution is -2.36. The molecule has 2 N–H and O–H groups in total. The van der Waals surface area contributed by atoms with Gasteiger partial charge >= 0.3 is 0 Å². The first-order valence-electron chi connectivity index (χ1n) is 4.77. The van der Waals surface area contributed by atoms with Crippen molar-refractivity contribution in [3.05, 3.63) is 18.1 Å². The molecular formula is C10H17N3O2. The molecule has 0 aliphatic carbocycles. The average molecular weight is 211 g/mol. The number of hydrogen-bond donors (Lipinski definition) is 2. The Kier molecular flexibility index (Phi) is 3.60. The first-order valence-corrected chi connectivity index (χ1v) is 4.77. The van der Waals surface area contributed by atoms with Gasteiger partial charge < -0.3 is 15.1 Å². The quantitative estimate of drug-likeness (QED) is 0.743. The van der Waals surface area contributed by atoms with Gasteiger partial charge in [-0.25, -0.2) is 4.98 Å². The van der Waals surface area contributed by atoms with Crippen molar-refractivity contribution in [3.63, 3.8) is 0 Å². The highest BCUT2D eigenvalue weighted by atomic mass is 16.3. The standard InChI is InChI=1S/C10H17N3O2/c1-10(2,15)7-13(3)9-5-11-8(6-14)4-12-9/h4-5,14-15H,6-7H2,1-3H3. The van der Waals surface area contributed by atoms with Crippen molar-refractivity contribution >= 4 is 5.82 Å². The Hall–Kier alpha value is -1.20. The van der Waals surface area contributed by atoms with E-state index in [4.69, 9.17) is 5.11 Å². The van der Waals surface area contributed by atoms with E-state index >= 15 is 0 Å². The van der Waals surface area contributed by atoms with Crippen LogP contribution in [0.3, 0.4) is 0 Å². The topological polar surface area (TPSA) is 69.5 Å². The number of rotatable bonds is 4. The molecule has 0 amide bonds. The van der Waals surface area contributed by atoms with Gasteiger partial charge in [-0.3, -0.25) is 4.98 Å². The van der Waals surface area contributed by atoms with Crippen molar-refractivity contribution in [2.75, 3.05) is 18.5 Å². The molecule has 84 valence electrons. The van der Waals surface area contributed by atoms with Gasteiger partial charge in [0.15, 0.2) is 0 Å². The molecule has 0 saturated heterocycles. The largest absolute Gasteiger partial charge is 0.390 e. The normalized spacial score (nSPS) is 11.5. The highest BCUT2D eigenvalue weighted by molar-refractivity contribution is 5.34. The van der Waals surface area contributed by atoms with Gasteiger partial charge in [-0.15, -0.1) is 0 Å². The van der Waals surface area contributed by atoms with Crippen molar-refractivity contribution in [2.45, 2.75) is 26.1 Å². The number of nitrogens with zero attached hydrogens (tertiary/aromatic N) is 3. The smallest absolute Gasteiger partial charge is 0.146 e. The van der Waals surface area contributed by atoms with E-state index in [-0.39, 0.29) is 6.61 Å². The summed E-state index contributed by atoms with van der Waals surface area (Å²) in [5, 5.41) is 18.4. The summed E-state index contributed by atoms with van der Waals surface area (Å²) in [6, 6.07) is 0. The predicted octanol–water partition coefficient (Wildman–Crippen LogP) is 0.176. The Balaban J connectivity index is 2.70. The van der Waals surface area contributed by atoms with Crippen LogP contribution in [0.25, 0.3) is 0 Å². The highest BCUT2D eigenvalue weighted by Crippen LogP contribution is 2.11. The van der Waals surface area contributed by atoms with E-state index in [1.807, 2.05) is 11.9 Å². The Morgan fingerprint density at radius 1 is 1.33 bits per heavy atom. The molecule has 0 saturated carbocycles. The van der Waals surface area contributed by atoms with Crippen LogP contribution in [0.1, 0.15) is 19.5 Å². The predicted molar refractivity (Wildman–Crippen MR) is 57.5 cm³/mol. The molecule has 0 aliphatic rings. The summed E-state index contributed by atoms with van der Waals surface area (Å²) in [7, 11) is 1.83. The van der Waals surface area contributed by atoms with Crippen molar-refractivity contribution in [1.29, 1.82) is 0 Å². The molecular weight excluding hydrogens is 194 g/mol. The molecule has 1 heterocycles. The van der Waals surface area contributed by atoms with E-state index in [1.165, 1.54) is 6.20 Å². The molecule has 5 nitrogen and oxygen atoms in total. The minimum Gasteiger partial charge on any atom is -0.390 e. The lowest BCUT2D eigenvalue weighted by molar-refractivity contribution is 0.0884. The molecule has 0 bridgehead atoms. The van der Waals surface area contributed by atoms with Crippen molar-refractivity contribution in [3.8, 4) is 0 Å². The van der Waals surface area contributed by atoms with E-state index in [2.05, 4.69) is 9.97 Å². The third kappa shape index (κ3) is 3.81. The maximum Gasteiger partial charge on any atom is 0.146 e. The van der Waals surface area contributed by atoms with Crippen molar-refractivity contribution in [2.24, 2.45) is 0 Å². The molecule has 0 aliphatic heterocycles. The molecule has 0 atom stereocenters. The van der Waals surface area contributed by atoms with Crippen molar-refractivity contribution in [1.82, 2.24) is 9.97 Å². The van der Waals surface area contributed by atoms with Crippen molar-refractivity contribution < 1.29 is 10.2 Å². The number of aliphatic hydroxyl groups is 2. The molecule has 1 aromatic rings. The number of hydrogen-bond acceptors (Lipinski definition) is 5. The molecule has 15 heavy (non-hydrogen) atoms.